The molecule has 0 spiro atoms. The average molecular weight is 222 g/mol. The quantitative estimate of drug-likeness (QED) is 0.733. The van der Waals surface area contributed by atoms with Crippen LogP contribution in [0.5, 0.6) is 0 Å². The van der Waals surface area contributed by atoms with E-state index in [1.54, 1.807) is 12.4 Å². The maximum absolute atomic E-state index is 5.70. The number of aromatic nitrogens is 2. The van der Waals surface area contributed by atoms with Gasteiger partial charge in [0.2, 0.25) is 5.95 Å². The molecule has 1 aliphatic rings. The van der Waals surface area contributed by atoms with Crippen molar-refractivity contribution < 1.29 is 4.74 Å². The van der Waals surface area contributed by atoms with Crippen molar-refractivity contribution in [2.75, 3.05) is 45.2 Å². The highest BCUT2D eigenvalue weighted by Crippen LogP contribution is 2.11. The second kappa shape index (κ2) is 5.23. The van der Waals surface area contributed by atoms with Gasteiger partial charge in [-0.3, -0.25) is 0 Å². The second-order valence-electron chi connectivity index (χ2n) is 4.25. The average Bonchev–Trinajstić information content (AvgIpc) is 2.30. The van der Waals surface area contributed by atoms with Gasteiger partial charge in [-0.25, -0.2) is 9.97 Å². The van der Waals surface area contributed by atoms with Crippen LogP contribution in [-0.4, -0.2) is 61.3 Å². The Morgan fingerprint density at radius 1 is 1.44 bits per heavy atom. The van der Waals surface area contributed by atoms with Gasteiger partial charge in [0.1, 0.15) is 0 Å². The van der Waals surface area contributed by atoms with Crippen LogP contribution in [0.3, 0.4) is 0 Å². The van der Waals surface area contributed by atoms with E-state index in [2.05, 4.69) is 33.9 Å². The predicted octanol–water partition coefficient (Wildman–Crippen LogP) is 0.243. The zero-order chi connectivity index (χ0) is 11.4. The summed E-state index contributed by atoms with van der Waals surface area (Å²) in [6, 6.07) is 1.83. The summed E-state index contributed by atoms with van der Waals surface area (Å²) in [5.74, 6) is 0.801. The van der Waals surface area contributed by atoms with E-state index in [1.165, 1.54) is 0 Å². The van der Waals surface area contributed by atoms with Crippen LogP contribution in [0.15, 0.2) is 18.5 Å². The molecule has 88 valence electrons. The zero-order valence-electron chi connectivity index (χ0n) is 9.83. The molecule has 0 saturated carbocycles. The minimum atomic E-state index is 0.243. The molecule has 2 heterocycles. The lowest BCUT2D eigenvalue weighted by atomic mass is 10.2. The summed E-state index contributed by atoms with van der Waals surface area (Å²) in [5, 5.41) is 0. The smallest absolute Gasteiger partial charge is 0.225 e. The van der Waals surface area contributed by atoms with Gasteiger partial charge in [-0.05, 0) is 20.2 Å². The summed E-state index contributed by atoms with van der Waals surface area (Å²) >= 11 is 0. The highest BCUT2D eigenvalue weighted by Gasteiger charge is 2.22. The largest absolute Gasteiger partial charge is 0.373 e. The first kappa shape index (κ1) is 11.3. The molecule has 0 amide bonds. The van der Waals surface area contributed by atoms with Crippen molar-refractivity contribution in [3.8, 4) is 0 Å². The third-order valence-electron chi connectivity index (χ3n) is 2.54. The van der Waals surface area contributed by atoms with E-state index < -0.39 is 0 Å². The topological polar surface area (TPSA) is 41.5 Å². The van der Waals surface area contributed by atoms with E-state index in [1.807, 2.05) is 6.07 Å². The summed E-state index contributed by atoms with van der Waals surface area (Å²) in [5.41, 5.74) is 0. The Balaban J connectivity index is 1.97. The zero-order valence-corrected chi connectivity index (χ0v) is 9.83. The lowest BCUT2D eigenvalue weighted by Crippen LogP contribution is -2.47. The minimum Gasteiger partial charge on any atom is -0.373 e. The van der Waals surface area contributed by atoms with E-state index in [4.69, 9.17) is 4.74 Å². The first-order chi connectivity index (χ1) is 7.75. The Bertz CT molecular complexity index is 317. The Morgan fingerprint density at radius 2 is 2.19 bits per heavy atom. The maximum atomic E-state index is 5.70. The second-order valence-corrected chi connectivity index (χ2v) is 4.25. The number of morpholine rings is 1. The van der Waals surface area contributed by atoms with Crippen LogP contribution < -0.4 is 4.90 Å². The van der Waals surface area contributed by atoms with Gasteiger partial charge in [0, 0.05) is 32.0 Å². The normalized spacial score (nSPS) is 21.4. The molecule has 5 heteroatoms. The van der Waals surface area contributed by atoms with Gasteiger partial charge in [0.05, 0.1) is 12.7 Å². The lowest BCUT2D eigenvalue weighted by Gasteiger charge is -2.34. The molecule has 0 N–H and O–H groups in total. The predicted molar refractivity (Wildman–Crippen MR) is 62.5 cm³/mol. The third-order valence-corrected chi connectivity index (χ3v) is 2.54. The SMILES string of the molecule is CN(C)CC1CN(c2ncccn2)CCO1. The molecule has 1 aliphatic heterocycles. The van der Waals surface area contributed by atoms with Crippen LogP contribution in [0.4, 0.5) is 5.95 Å². The van der Waals surface area contributed by atoms with Crippen molar-refractivity contribution in [3.05, 3.63) is 18.5 Å². The molecule has 0 aromatic carbocycles. The fourth-order valence-corrected chi connectivity index (χ4v) is 1.87. The molecular weight excluding hydrogens is 204 g/mol. The number of rotatable bonds is 3. The van der Waals surface area contributed by atoms with Gasteiger partial charge in [-0.1, -0.05) is 0 Å². The molecule has 2 rings (SSSR count). The van der Waals surface area contributed by atoms with Crippen LogP contribution in [0.2, 0.25) is 0 Å². The molecule has 0 radical (unpaired) electrons. The van der Waals surface area contributed by atoms with E-state index in [9.17, 15) is 0 Å². The highest BCUT2D eigenvalue weighted by molar-refractivity contribution is 5.29. The van der Waals surface area contributed by atoms with Crippen molar-refractivity contribution in [3.63, 3.8) is 0 Å². The molecular formula is C11H18N4O. The van der Waals surface area contributed by atoms with Crippen molar-refractivity contribution in [2.24, 2.45) is 0 Å². The Morgan fingerprint density at radius 3 is 2.88 bits per heavy atom. The first-order valence-corrected chi connectivity index (χ1v) is 5.54. The first-order valence-electron chi connectivity index (χ1n) is 5.54. The number of anilines is 1. The fraction of sp³-hybridized carbons (Fsp3) is 0.636. The number of ether oxygens (including phenoxy) is 1. The van der Waals surface area contributed by atoms with Crippen molar-refractivity contribution in [2.45, 2.75) is 6.10 Å². The van der Waals surface area contributed by atoms with E-state index in [-0.39, 0.29) is 6.10 Å². The molecule has 16 heavy (non-hydrogen) atoms. The summed E-state index contributed by atoms with van der Waals surface area (Å²) in [6.07, 6.45) is 3.80. The number of likely N-dealkylation sites (N-methyl/N-ethyl adjacent to an activating group) is 1. The van der Waals surface area contributed by atoms with Gasteiger partial charge in [0.15, 0.2) is 0 Å². The molecule has 1 unspecified atom stereocenters. The van der Waals surface area contributed by atoms with E-state index in [0.717, 1.165) is 32.2 Å². The van der Waals surface area contributed by atoms with Crippen molar-refractivity contribution in [1.82, 2.24) is 14.9 Å². The van der Waals surface area contributed by atoms with Crippen LogP contribution in [0.25, 0.3) is 0 Å². The lowest BCUT2D eigenvalue weighted by molar-refractivity contribution is 0.0243. The van der Waals surface area contributed by atoms with E-state index in [0.29, 0.717) is 0 Å². The molecule has 1 fully saturated rings. The van der Waals surface area contributed by atoms with Crippen LogP contribution >= 0.6 is 0 Å². The number of hydrogen-bond acceptors (Lipinski definition) is 5. The third kappa shape index (κ3) is 2.90. The number of nitrogens with zero attached hydrogens (tertiary/aromatic N) is 4. The van der Waals surface area contributed by atoms with E-state index >= 15 is 0 Å². The molecule has 1 atom stereocenters. The molecule has 1 aromatic heterocycles. The Hall–Kier alpha value is -1.20. The monoisotopic (exact) mass is 222 g/mol. The van der Waals surface area contributed by atoms with Crippen molar-refractivity contribution in [1.29, 1.82) is 0 Å². The van der Waals surface area contributed by atoms with Crippen molar-refractivity contribution >= 4 is 5.95 Å². The Kier molecular flexibility index (Phi) is 3.69. The van der Waals surface area contributed by atoms with Gasteiger partial charge in [-0.2, -0.15) is 0 Å². The number of hydrogen-bond donors (Lipinski definition) is 0. The van der Waals surface area contributed by atoms with Gasteiger partial charge in [-0.15, -0.1) is 0 Å². The van der Waals surface area contributed by atoms with Gasteiger partial charge in [0.25, 0.3) is 0 Å². The molecule has 1 aromatic rings. The summed E-state index contributed by atoms with van der Waals surface area (Å²) in [7, 11) is 4.11. The van der Waals surface area contributed by atoms with Crippen LogP contribution in [-0.2, 0) is 4.74 Å². The van der Waals surface area contributed by atoms with Gasteiger partial charge >= 0.3 is 0 Å². The molecule has 0 bridgehead atoms. The van der Waals surface area contributed by atoms with Crippen LogP contribution in [0, 0.1) is 0 Å². The van der Waals surface area contributed by atoms with Gasteiger partial charge < -0.3 is 14.5 Å². The standard InChI is InChI=1S/C11H18N4O/c1-14(2)8-10-9-15(6-7-16-10)11-12-4-3-5-13-11/h3-5,10H,6-9H2,1-2H3. The minimum absolute atomic E-state index is 0.243. The fourth-order valence-electron chi connectivity index (χ4n) is 1.87. The maximum Gasteiger partial charge on any atom is 0.225 e. The molecule has 1 saturated heterocycles. The summed E-state index contributed by atoms with van der Waals surface area (Å²) < 4.78 is 5.70. The Labute approximate surface area is 96.1 Å². The summed E-state index contributed by atoms with van der Waals surface area (Å²) in [6.45, 7) is 3.41. The van der Waals surface area contributed by atoms with Crippen LogP contribution in [0.1, 0.15) is 0 Å². The summed E-state index contributed by atoms with van der Waals surface area (Å²) in [4.78, 5) is 12.8. The molecule has 0 aliphatic carbocycles. The highest BCUT2D eigenvalue weighted by atomic mass is 16.5. The molecule has 5 nitrogen and oxygen atoms in total.